The minimum absolute atomic E-state index is 0.0271. The van der Waals surface area contributed by atoms with Gasteiger partial charge in [-0.15, -0.1) is 0 Å². The van der Waals surface area contributed by atoms with Crippen LogP contribution in [0.3, 0.4) is 0 Å². The SMILES string of the molecule is CN(C/C=C/C#CC(C)(C)C)Cc1cccc(OCc2ccccc2F)c1. The molecule has 0 saturated carbocycles. The van der Waals surface area contributed by atoms with E-state index < -0.39 is 0 Å². The number of nitrogens with zero attached hydrogens (tertiary/aromatic N) is 1. The molecule has 0 spiro atoms. The topological polar surface area (TPSA) is 12.5 Å². The Hall–Kier alpha value is -2.57. The van der Waals surface area contributed by atoms with Crippen molar-refractivity contribution in [1.82, 2.24) is 4.90 Å². The highest BCUT2D eigenvalue weighted by atomic mass is 19.1. The molecule has 0 heterocycles. The zero-order valence-electron chi connectivity index (χ0n) is 16.6. The lowest BCUT2D eigenvalue weighted by atomic mass is 9.98. The van der Waals surface area contributed by atoms with Gasteiger partial charge in [-0.1, -0.05) is 48.2 Å². The van der Waals surface area contributed by atoms with Gasteiger partial charge < -0.3 is 4.74 Å². The Bertz CT molecular complexity index is 824. The number of hydrogen-bond acceptors (Lipinski definition) is 2. The number of halogens is 1. The molecule has 2 nitrogen and oxygen atoms in total. The normalized spacial score (nSPS) is 11.5. The molecule has 0 atom stereocenters. The van der Waals surface area contributed by atoms with Crippen LogP contribution in [0.4, 0.5) is 4.39 Å². The summed E-state index contributed by atoms with van der Waals surface area (Å²) in [6.45, 7) is 8.14. The lowest BCUT2D eigenvalue weighted by Crippen LogP contribution is -2.17. The first-order chi connectivity index (χ1) is 12.8. The summed E-state index contributed by atoms with van der Waals surface area (Å²) in [6.07, 6.45) is 3.98. The molecule has 0 fully saturated rings. The van der Waals surface area contributed by atoms with Crippen molar-refractivity contribution < 1.29 is 9.13 Å². The molecule has 0 aliphatic rings. The van der Waals surface area contributed by atoms with Crippen molar-refractivity contribution in [3.05, 3.63) is 77.6 Å². The van der Waals surface area contributed by atoms with Crippen LogP contribution in [0.1, 0.15) is 31.9 Å². The summed E-state index contributed by atoms with van der Waals surface area (Å²) < 4.78 is 19.4. The molecule has 3 heteroatoms. The Labute approximate surface area is 162 Å². The molecule has 0 unspecified atom stereocenters. The number of ether oxygens (including phenoxy) is 1. The molecule has 0 aromatic heterocycles. The maximum absolute atomic E-state index is 13.7. The van der Waals surface area contributed by atoms with E-state index in [1.165, 1.54) is 6.07 Å². The Morgan fingerprint density at radius 1 is 1.11 bits per heavy atom. The van der Waals surface area contributed by atoms with Gasteiger partial charge in [0, 0.05) is 24.1 Å². The quantitative estimate of drug-likeness (QED) is 0.606. The van der Waals surface area contributed by atoms with Gasteiger partial charge >= 0.3 is 0 Å². The third-order valence-electron chi connectivity index (χ3n) is 3.77. The molecular formula is C24H28FNO. The van der Waals surface area contributed by atoms with Gasteiger partial charge in [0.15, 0.2) is 0 Å². The molecule has 27 heavy (non-hydrogen) atoms. The maximum atomic E-state index is 13.7. The largest absolute Gasteiger partial charge is 0.489 e. The van der Waals surface area contributed by atoms with E-state index >= 15 is 0 Å². The molecular weight excluding hydrogens is 337 g/mol. The number of allylic oxidation sites excluding steroid dienone is 1. The molecule has 0 bridgehead atoms. The average Bonchev–Trinajstić information content (AvgIpc) is 2.60. The second-order valence-electron chi connectivity index (χ2n) is 7.65. The Kier molecular flexibility index (Phi) is 7.64. The zero-order chi connectivity index (χ0) is 19.7. The average molecular weight is 365 g/mol. The van der Waals surface area contributed by atoms with Gasteiger partial charge in [-0.05, 0) is 57.7 Å². The molecule has 2 aromatic carbocycles. The van der Waals surface area contributed by atoms with Gasteiger partial charge in [0.1, 0.15) is 18.2 Å². The van der Waals surface area contributed by atoms with E-state index in [0.717, 1.165) is 24.4 Å². The molecule has 0 aliphatic heterocycles. The first-order valence-electron chi connectivity index (χ1n) is 9.15. The van der Waals surface area contributed by atoms with Crippen LogP contribution < -0.4 is 4.74 Å². The standard InChI is InChI=1S/C24H28FNO/c1-24(2,3)15-8-5-9-16-26(4)18-20-11-10-13-22(17-20)27-19-21-12-6-7-14-23(21)25/h5-7,9-14,17H,16,18-19H2,1-4H3/b9-5+. The molecule has 0 aliphatic carbocycles. The zero-order valence-corrected chi connectivity index (χ0v) is 16.6. The highest BCUT2D eigenvalue weighted by molar-refractivity contribution is 5.29. The van der Waals surface area contributed by atoms with Gasteiger partial charge in [-0.25, -0.2) is 4.39 Å². The van der Waals surface area contributed by atoms with Crippen LogP contribution >= 0.6 is 0 Å². The predicted octanol–water partition coefficient (Wildman–Crippen LogP) is 5.44. The molecule has 0 radical (unpaired) electrons. The molecule has 142 valence electrons. The van der Waals surface area contributed by atoms with E-state index in [-0.39, 0.29) is 17.8 Å². The van der Waals surface area contributed by atoms with E-state index in [1.807, 2.05) is 30.3 Å². The van der Waals surface area contributed by atoms with Crippen molar-refractivity contribution in [2.24, 2.45) is 5.41 Å². The Balaban J connectivity index is 1.86. The number of benzene rings is 2. The van der Waals surface area contributed by atoms with Crippen LogP contribution in [-0.2, 0) is 13.2 Å². The number of hydrogen-bond donors (Lipinski definition) is 0. The first-order valence-corrected chi connectivity index (χ1v) is 9.15. The molecule has 2 rings (SSSR count). The van der Waals surface area contributed by atoms with E-state index in [2.05, 4.69) is 56.7 Å². The second-order valence-corrected chi connectivity index (χ2v) is 7.65. The van der Waals surface area contributed by atoms with E-state index in [1.54, 1.807) is 12.1 Å². The van der Waals surface area contributed by atoms with Crippen molar-refractivity contribution >= 4 is 0 Å². The Morgan fingerprint density at radius 2 is 1.89 bits per heavy atom. The van der Waals surface area contributed by atoms with Crippen molar-refractivity contribution in [1.29, 1.82) is 0 Å². The monoisotopic (exact) mass is 365 g/mol. The van der Waals surface area contributed by atoms with Crippen LogP contribution in [0, 0.1) is 23.1 Å². The highest BCUT2D eigenvalue weighted by Crippen LogP contribution is 2.17. The summed E-state index contributed by atoms with van der Waals surface area (Å²) in [4.78, 5) is 2.20. The Morgan fingerprint density at radius 3 is 2.63 bits per heavy atom. The fraction of sp³-hybridized carbons (Fsp3) is 0.333. The second kappa shape index (κ2) is 9.94. The third kappa shape index (κ3) is 8.11. The lowest BCUT2D eigenvalue weighted by Gasteiger charge is -2.15. The van der Waals surface area contributed by atoms with E-state index in [4.69, 9.17) is 4.74 Å². The van der Waals surface area contributed by atoms with Crippen LogP contribution in [0.5, 0.6) is 5.75 Å². The van der Waals surface area contributed by atoms with Gasteiger partial charge in [-0.2, -0.15) is 0 Å². The summed E-state index contributed by atoms with van der Waals surface area (Å²) in [5.74, 6) is 6.77. The smallest absolute Gasteiger partial charge is 0.129 e. The van der Waals surface area contributed by atoms with E-state index in [9.17, 15) is 4.39 Å². The van der Waals surface area contributed by atoms with Gasteiger partial charge in [0.25, 0.3) is 0 Å². The van der Waals surface area contributed by atoms with Gasteiger partial charge in [0.2, 0.25) is 0 Å². The summed E-state index contributed by atoms with van der Waals surface area (Å²) in [6, 6.07) is 14.6. The summed E-state index contributed by atoms with van der Waals surface area (Å²) in [7, 11) is 2.06. The summed E-state index contributed by atoms with van der Waals surface area (Å²) >= 11 is 0. The third-order valence-corrected chi connectivity index (χ3v) is 3.77. The van der Waals surface area contributed by atoms with Crippen molar-refractivity contribution in [3.63, 3.8) is 0 Å². The molecule has 0 N–H and O–H groups in total. The summed E-state index contributed by atoms with van der Waals surface area (Å²) in [5.41, 5.74) is 1.73. The number of rotatable bonds is 7. The minimum Gasteiger partial charge on any atom is -0.489 e. The fourth-order valence-corrected chi connectivity index (χ4v) is 2.44. The lowest BCUT2D eigenvalue weighted by molar-refractivity contribution is 0.298. The number of likely N-dealkylation sites (N-methyl/N-ethyl adjacent to an activating group) is 1. The van der Waals surface area contributed by atoms with Crippen molar-refractivity contribution in [2.75, 3.05) is 13.6 Å². The minimum atomic E-state index is -0.241. The predicted molar refractivity (Wildman–Crippen MR) is 110 cm³/mol. The molecule has 2 aromatic rings. The maximum Gasteiger partial charge on any atom is 0.129 e. The van der Waals surface area contributed by atoms with Crippen LogP contribution in [0.15, 0.2) is 60.7 Å². The van der Waals surface area contributed by atoms with Crippen LogP contribution in [-0.4, -0.2) is 18.5 Å². The van der Waals surface area contributed by atoms with Gasteiger partial charge in [0.05, 0.1) is 0 Å². The highest BCUT2D eigenvalue weighted by Gasteiger charge is 2.04. The van der Waals surface area contributed by atoms with Crippen LogP contribution in [0.2, 0.25) is 0 Å². The van der Waals surface area contributed by atoms with Gasteiger partial charge in [-0.3, -0.25) is 4.90 Å². The molecule has 0 saturated heterocycles. The molecule has 0 amide bonds. The van der Waals surface area contributed by atoms with E-state index in [0.29, 0.717) is 5.56 Å². The summed E-state index contributed by atoms with van der Waals surface area (Å²) in [5, 5.41) is 0. The first kappa shape index (κ1) is 20.7. The fourth-order valence-electron chi connectivity index (χ4n) is 2.44. The van der Waals surface area contributed by atoms with Crippen LogP contribution in [0.25, 0.3) is 0 Å². The van der Waals surface area contributed by atoms with Crippen molar-refractivity contribution in [3.8, 4) is 17.6 Å². The van der Waals surface area contributed by atoms with Crippen molar-refractivity contribution in [2.45, 2.75) is 33.9 Å².